The third-order valence-corrected chi connectivity index (χ3v) is 4.71. The van der Waals surface area contributed by atoms with Gasteiger partial charge in [0.15, 0.2) is 0 Å². The summed E-state index contributed by atoms with van der Waals surface area (Å²) in [6.45, 7) is 6.49. The van der Waals surface area contributed by atoms with Crippen molar-refractivity contribution in [1.29, 1.82) is 0 Å². The summed E-state index contributed by atoms with van der Waals surface area (Å²) in [7, 11) is 0. The molecule has 0 aromatic heterocycles. The van der Waals surface area contributed by atoms with Crippen molar-refractivity contribution >= 4 is 26.7 Å². The topological polar surface area (TPSA) is 25.8 Å². The highest BCUT2D eigenvalue weighted by atomic mass is 79.9. The summed E-state index contributed by atoms with van der Waals surface area (Å²) in [5.74, 6) is 0.944. The molecule has 0 heterocycles. The van der Waals surface area contributed by atoms with E-state index in [0.29, 0.717) is 0 Å². The molecule has 0 unspecified atom stereocenters. The van der Waals surface area contributed by atoms with Crippen molar-refractivity contribution in [3.63, 3.8) is 0 Å². The molecule has 0 spiro atoms. The molecule has 0 saturated carbocycles. The third-order valence-electron chi connectivity index (χ3n) is 3.90. The van der Waals surface area contributed by atoms with E-state index in [1.807, 2.05) is 0 Å². The second-order valence-corrected chi connectivity index (χ2v) is 6.36. The fourth-order valence-corrected chi connectivity index (χ4v) is 2.93. The molecule has 0 bridgehead atoms. The van der Waals surface area contributed by atoms with Gasteiger partial charge in [0, 0.05) is 0 Å². The molecular formula is C18H25BrNO+. The molecule has 0 saturated heterocycles. The van der Waals surface area contributed by atoms with Gasteiger partial charge in [-0.15, -0.1) is 0 Å². The predicted molar refractivity (Wildman–Crippen MR) is 92.9 cm³/mol. The number of benzene rings is 2. The molecule has 0 aliphatic carbocycles. The normalized spacial score (nSPS) is 12.5. The Kier molecular flexibility index (Phi) is 6.52. The van der Waals surface area contributed by atoms with Gasteiger partial charge in [0.25, 0.3) is 0 Å². The van der Waals surface area contributed by atoms with Crippen molar-refractivity contribution in [3.05, 3.63) is 40.9 Å². The molecule has 0 fully saturated rings. The van der Waals surface area contributed by atoms with E-state index in [-0.39, 0.29) is 0 Å². The number of halogens is 1. The van der Waals surface area contributed by atoms with Gasteiger partial charge in [0.2, 0.25) is 0 Å². The molecule has 2 N–H and O–H groups in total. The number of quaternary nitrogens is 1. The summed E-state index contributed by atoms with van der Waals surface area (Å²) in [4.78, 5) is 0. The minimum absolute atomic E-state index is 0.737. The fourth-order valence-electron chi connectivity index (χ4n) is 2.32. The van der Waals surface area contributed by atoms with E-state index in [4.69, 9.17) is 4.74 Å². The zero-order valence-electron chi connectivity index (χ0n) is 12.9. The number of fused-ring (bicyclic) bond motifs is 1. The van der Waals surface area contributed by atoms with Gasteiger partial charge in [0.1, 0.15) is 5.75 Å². The fraction of sp³-hybridized carbons (Fsp3) is 0.444. The van der Waals surface area contributed by atoms with Crippen LogP contribution in [0.3, 0.4) is 0 Å². The monoisotopic (exact) mass is 350 g/mol. The molecule has 2 aromatic carbocycles. The lowest BCUT2D eigenvalue weighted by Crippen LogP contribution is -2.89. The summed E-state index contributed by atoms with van der Waals surface area (Å²) in [6.07, 6.45) is 3.54. The highest BCUT2D eigenvalue weighted by Gasteiger charge is 2.06. The van der Waals surface area contributed by atoms with E-state index in [1.165, 1.54) is 30.2 Å². The lowest BCUT2D eigenvalue weighted by atomic mass is 10.1. The van der Waals surface area contributed by atoms with Crippen LogP contribution in [0.15, 0.2) is 40.9 Å². The third kappa shape index (κ3) is 4.72. The Bertz CT molecular complexity index is 570. The second-order valence-electron chi connectivity index (χ2n) is 5.56. The number of nitrogens with two attached hydrogens (primary N) is 1. The number of ether oxygens (including phenoxy) is 1. The van der Waals surface area contributed by atoms with Gasteiger partial charge in [0.05, 0.1) is 23.7 Å². The van der Waals surface area contributed by atoms with Crippen LogP contribution in [0, 0.1) is 0 Å². The molecular weight excluding hydrogens is 326 g/mol. The first-order valence-electron chi connectivity index (χ1n) is 7.85. The minimum Gasteiger partial charge on any atom is -0.492 e. The van der Waals surface area contributed by atoms with Crippen LogP contribution < -0.4 is 10.1 Å². The summed E-state index contributed by atoms with van der Waals surface area (Å²) >= 11 is 3.66. The second kappa shape index (κ2) is 8.40. The zero-order valence-corrected chi connectivity index (χ0v) is 14.5. The van der Waals surface area contributed by atoms with E-state index >= 15 is 0 Å². The van der Waals surface area contributed by atoms with Crippen molar-refractivity contribution in [1.82, 2.24) is 0 Å². The largest absolute Gasteiger partial charge is 0.492 e. The Labute approximate surface area is 136 Å². The quantitative estimate of drug-likeness (QED) is 0.711. The molecule has 0 radical (unpaired) electrons. The van der Waals surface area contributed by atoms with E-state index in [1.54, 1.807) is 0 Å². The van der Waals surface area contributed by atoms with Crippen LogP contribution >= 0.6 is 15.9 Å². The molecule has 21 heavy (non-hydrogen) atoms. The Morgan fingerprint density at radius 2 is 1.95 bits per heavy atom. The van der Waals surface area contributed by atoms with Gasteiger partial charge in [-0.2, -0.15) is 0 Å². The highest BCUT2D eigenvalue weighted by Crippen LogP contribution is 2.33. The number of hydrogen-bond donors (Lipinski definition) is 1. The Hall–Kier alpha value is -1.06. The molecule has 3 heteroatoms. The molecule has 0 amide bonds. The van der Waals surface area contributed by atoms with Gasteiger partial charge >= 0.3 is 0 Å². The standard InChI is InChI=1S/C18H24BrNO/c1-3-14(2)20-12-6-7-13-21-17-11-10-15-8-4-5-9-16(15)18(17)19/h4-5,8-11,14,20H,3,6-7,12-13H2,1-2H3/p+1/t14-/m1/s1. The maximum absolute atomic E-state index is 5.92. The van der Waals surface area contributed by atoms with E-state index in [2.05, 4.69) is 71.5 Å². The summed E-state index contributed by atoms with van der Waals surface area (Å²) in [6, 6.07) is 13.3. The van der Waals surface area contributed by atoms with Crippen LogP contribution in [-0.2, 0) is 0 Å². The number of unbranched alkanes of at least 4 members (excludes halogenated alkanes) is 1. The minimum atomic E-state index is 0.737. The first-order chi connectivity index (χ1) is 10.2. The van der Waals surface area contributed by atoms with Crippen LogP contribution in [-0.4, -0.2) is 19.2 Å². The summed E-state index contributed by atoms with van der Waals surface area (Å²) in [5.41, 5.74) is 0. The molecule has 0 aliphatic heterocycles. The van der Waals surface area contributed by atoms with Gasteiger partial charge in [-0.25, -0.2) is 0 Å². The van der Waals surface area contributed by atoms with Crippen molar-refractivity contribution < 1.29 is 10.1 Å². The van der Waals surface area contributed by atoms with Gasteiger partial charge < -0.3 is 10.1 Å². The van der Waals surface area contributed by atoms with E-state index in [0.717, 1.165) is 29.3 Å². The first kappa shape index (κ1) is 16.3. The maximum Gasteiger partial charge on any atom is 0.134 e. The van der Waals surface area contributed by atoms with Gasteiger partial charge in [-0.1, -0.05) is 37.3 Å². The Balaban J connectivity index is 1.80. The Morgan fingerprint density at radius 1 is 1.14 bits per heavy atom. The summed E-state index contributed by atoms with van der Waals surface area (Å²) in [5, 5.41) is 4.87. The SMILES string of the molecule is CC[C@@H](C)[NH2+]CCCCOc1ccc2ccccc2c1Br. The number of rotatable bonds is 8. The summed E-state index contributed by atoms with van der Waals surface area (Å²) < 4.78 is 6.98. The molecule has 1 atom stereocenters. The van der Waals surface area contributed by atoms with Crippen LogP contribution in [0.1, 0.15) is 33.1 Å². The predicted octanol–water partition coefficient (Wildman–Crippen LogP) is 4.12. The van der Waals surface area contributed by atoms with Gasteiger partial charge in [-0.05, 0) is 59.0 Å². The zero-order chi connectivity index (χ0) is 15.1. The van der Waals surface area contributed by atoms with Crippen molar-refractivity contribution in [2.24, 2.45) is 0 Å². The van der Waals surface area contributed by atoms with Crippen molar-refractivity contribution in [2.75, 3.05) is 13.2 Å². The smallest absolute Gasteiger partial charge is 0.134 e. The first-order valence-corrected chi connectivity index (χ1v) is 8.65. The van der Waals surface area contributed by atoms with Crippen LogP contribution in [0.25, 0.3) is 10.8 Å². The number of hydrogen-bond acceptors (Lipinski definition) is 1. The maximum atomic E-state index is 5.92. The van der Waals surface area contributed by atoms with Crippen LogP contribution in [0.5, 0.6) is 5.75 Å². The van der Waals surface area contributed by atoms with Crippen LogP contribution in [0.2, 0.25) is 0 Å². The molecule has 2 aromatic rings. The van der Waals surface area contributed by atoms with Crippen molar-refractivity contribution in [3.8, 4) is 5.75 Å². The Morgan fingerprint density at radius 3 is 2.76 bits per heavy atom. The average molecular weight is 351 g/mol. The molecule has 0 aliphatic rings. The average Bonchev–Trinajstić information content (AvgIpc) is 2.52. The van der Waals surface area contributed by atoms with E-state index in [9.17, 15) is 0 Å². The molecule has 2 nitrogen and oxygen atoms in total. The lowest BCUT2D eigenvalue weighted by molar-refractivity contribution is -0.686. The lowest BCUT2D eigenvalue weighted by Gasteiger charge is -2.11. The van der Waals surface area contributed by atoms with Crippen LogP contribution in [0.4, 0.5) is 0 Å². The van der Waals surface area contributed by atoms with Gasteiger partial charge in [-0.3, -0.25) is 0 Å². The molecule has 2 rings (SSSR count). The molecule has 114 valence electrons. The van der Waals surface area contributed by atoms with E-state index < -0.39 is 0 Å². The highest BCUT2D eigenvalue weighted by molar-refractivity contribution is 9.10. The van der Waals surface area contributed by atoms with Crippen molar-refractivity contribution in [2.45, 2.75) is 39.2 Å².